The molecule has 0 bridgehead atoms. The lowest BCUT2D eigenvalue weighted by Gasteiger charge is -2.08. The predicted molar refractivity (Wildman–Crippen MR) is 66.1 cm³/mol. The van der Waals surface area contributed by atoms with Crippen LogP contribution < -0.4 is 5.32 Å². The highest BCUT2D eigenvalue weighted by Crippen LogP contribution is 2.15. The Labute approximate surface area is 104 Å². The van der Waals surface area contributed by atoms with E-state index >= 15 is 0 Å². The summed E-state index contributed by atoms with van der Waals surface area (Å²) in [6.45, 7) is 0.550. The number of nitrogens with zero attached hydrogens (tertiary/aromatic N) is 1. The number of anilines is 1. The van der Waals surface area contributed by atoms with Crippen molar-refractivity contribution in [1.82, 2.24) is 4.57 Å². The van der Waals surface area contributed by atoms with Crippen LogP contribution in [0.4, 0.5) is 10.1 Å². The summed E-state index contributed by atoms with van der Waals surface area (Å²) in [6.07, 6.45) is 1.92. The molecule has 0 atom stereocenters. The summed E-state index contributed by atoms with van der Waals surface area (Å²) in [5.74, 6) is -2.00. The standard InChI is InChI=1S/C13H13FN2O2/c1-16-6-2-3-10(16)8-15-9-4-5-12(14)11(7-9)13(17)18/h2-7,15H,8H2,1H3,(H,17,18). The Bertz CT molecular complexity index is 578. The molecule has 0 saturated carbocycles. The lowest BCUT2D eigenvalue weighted by atomic mass is 10.2. The molecule has 2 N–H and O–H groups in total. The fourth-order valence-electron chi connectivity index (χ4n) is 1.67. The minimum Gasteiger partial charge on any atom is -0.478 e. The van der Waals surface area contributed by atoms with Crippen LogP contribution in [-0.2, 0) is 13.6 Å². The van der Waals surface area contributed by atoms with Crippen LogP contribution in [0, 0.1) is 5.82 Å². The number of hydrogen-bond donors (Lipinski definition) is 2. The van der Waals surface area contributed by atoms with Crippen molar-refractivity contribution >= 4 is 11.7 Å². The fraction of sp³-hybridized carbons (Fsp3) is 0.154. The van der Waals surface area contributed by atoms with Crippen molar-refractivity contribution in [2.75, 3.05) is 5.32 Å². The predicted octanol–water partition coefficient (Wildman–Crippen LogP) is 2.47. The van der Waals surface area contributed by atoms with Gasteiger partial charge in [0.25, 0.3) is 0 Å². The van der Waals surface area contributed by atoms with Gasteiger partial charge in [-0.3, -0.25) is 0 Å². The van der Waals surface area contributed by atoms with Crippen LogP contribution in [0.3, 0.4) is 0 Å². The quantitative estimate of drug-likeness (QED) is 0.874. The number of rotatable bonds is 4. The lowest BCUT2D eigenvalue weighted by Crippen LogP contribution is -2.06. The number of aryl methyl sites for hydroxylation is 1. The van der Waals surface area contributed by atoms with Crippen molar-refractivity contribution < 1.29 is 14.3 Å². The first-order valence-corrected chi connectivity index (χ1v) is 5.45. The van der Waals surface area contributed by atoms with Crippen molar-refractivity contribution in [2.45, 2.75) is 6.54 Å². The molecule has 18 heavy (non-hydrogen) atoms. The highest BCUT2D eigenvalue weighted by molar-refractivity contribution is 5.89. The summed E-state index contributed by atoms with van der Waals surface area (Å²) in [6, 6.07) is 7.83. The van der Waals surface area contributed by atoms with E-state index in [1.54, 1.807) is 0 Å². The molecule has 0 fully saturated rings. The first-order chi connectivity index (χ1) is 8.58. The van der Waals surface area contributed by atoms with E-state index in [-0.39, 0.29) is 5.56 Å². The molecule has 0 saturated heterocycles. The van der Waals surface area contributed by atoms with Gasteiger partial charge in [-0.1, -0.05) is 0 Å². The summed E-state index contributed by atoms with van der Waals surface area (Å²) in [5.41, 5.74) is 1.30. The summed E-state index contributed by atoms with van der Waals surface area (Å²) < 4.78 is 15.1. The maximum absolute atomic E-state index is 13.2. The lowest BCUT2D eigenvalue weighted by molar-refractivity contribution is 0.0692. The van der Waals surface area contributed by atoms with Crippen molar-refractivity contribution in [3.05, 3.63) is 53.6 Å². The second-order valence-electron chi connectivity index (χ2n) is 3.96. The molecule has 0 unspecified atom stereocenters. The average molecular weight is 248 g/mol. The summed E-state index contributed by atoms with van der Waals surface area (Å²) in [5, 5.41) is 11.9. The van der Waals surface area contributed by atoms with Crippen LogP contribution in [0.1, 0.15) is 16.1 Å². The summed E-state index contributed by atoms with van der Waals surface area (Å²) in [7, 11) is 1.92. The summed E-state index contributed by atoms with van der Waals surface area (Å²) >= 11 is 0. The first-order valence-electron chi connectivity index (χ1n) is 5.45. The Morgan fingerprint density at radius 3 is 2.83 bits per heavy atom. The molecular formula is C13H13FN2O2. The van der Waals surface area contributed by atoms with Crippen molar-refractivity contribution in [1.29, 1.82) is 0 Å². The van der Waals surface area contributed by atoms with Gasteiger partial charge in [0.1, 0.15) is 5.82 Å². The first kappa shape index (κ1) is 12.2. The summed E-state index contributed by atoms with van der Waals surface area (Å²) in [4.78, 5) is 10.8. The van der Waals surface area contributed by atoms with E-state index in [2.05, 4.69) is 5.32 Å². The number of carbonyl (C=O) groups is 1. The Kier molecular flexibility index (Phi) is 3.32. The largest absolute Gasteiger partial charge is 0.478 e. The van der Waals surface area contributed by atoms with Gasteiger partial charge in [0.15, 0.2) is 0 Å². The van der Waals surface area contributed by atoms with E-state index in [9.17, 15) is 9.18 Å². The van der Waals surface area contributed by atoms with Crippen LogP contribution in [-0.4, -0.2) is 15.6 Å². The third-order valence-electron chi connectivity index (χ3n) is 2.72. The molecule has 1 heterocycles. The maximum Gasteiger partial charge on any atom is 0.338 e. The zero-order valence-corrected chi connectivity index (χ0v) is 9.85. The molecule has 0 spiro atoms. The topological polar surface area (TPSA) is 54.3 Å². The van der Waals surface area contributed by atoms with Gasteiger partial charge in [-0.05, 0) is 30.3 Å². The van der Waals surface area contributed by atoms with E-state index in [1.165, 1.54) is 12.1 Å². The molecule has 1 aromatic heterocycles. The Hall–Kier alpha value is -2.30. The van der Waals surface area contributed by atoms with Crippen molar-refractivity contribution in [2.24, 2.45) is 7.05 Å². The van der Waals surface area contributed by atoms with Gasteiger partial charge in [-0.2, -0.15) is 0 Å². The number of aromatic nitrogens is 1. The molecular weight excluding hydrogens is 235 g/mol. The minimum atomic E-state index is -1.27. The van der Waals surface area contributed by atoms with E-state index < -0.39 is 11.8 Å². The molecule has 2 aromatic rings. The number of nitrogens with one attached hydrogen (secondary N) is 1. The van der Waals surface area contributed by atoms with Gasteiger partial charge >= 0.3 is 5.97 Å². The number of carboxylic acid groups (broad SMARTS) is 1. The van der Waals surface area contributed by atoms with Gasteiger partial charge in [0.05, 0.1) is 12.1 Å². The van der Waals surface area contributed by atoms with Crippen LogP contribution in [0.15, 0.2) is 36.5 Å². The molecule has 0 radical (unpaired) electrons. The third kappa shape index (κ3) is 2.51. The third-order valence-corrected chi connectivity index (χ3v) is 2.72. The SMILES string of the molecule is Cn1cccc1CNc1ccc(F)c(C(=O)O)c1. The monoisotopic (exact) mass is 248 g/mol. The Morgan fingerprint density at radius 2 is 2.22 bits per heavy atom. The van der Waals surface area contributed by atoms with Gasteiger partial charge in [0, 0.05) is 24.6 Å². The average Bonchev–Trinajstić information content (AvgIpc) is 2.73. The number of hydrogen-bond acceptors (Lipinski definition) is 2. The normalized spacial score (nSPS) is 10.3. The molecule has 5 heteroatoms. The fourth-order valence-corrected chi connectivity index (χ4v) is 1.67. The molecule has 0 aliphatic heterocycles. The molecule has 4 nitrogen and oxygen atoms in total. The second-order valence-corrected chi connectivity index (χ2v) is 3.96. The van der Waals surface area contributed by atoms with Crippen molar-refractivity contribution in [3.63, 3.8) is 0 Å². The van der Waals surface area contributed by atoms with Crippen LogP contribution >= 0.6 is 0 Å². The van der Waals surface area contributed by atoms with Gasteiger partial charge in [0.2, 0.25) is 0 Å². The molecule has 1 aromatic carbocycles. The second kappa shape index (κ2) is 4.91. The van der Waals surface area contributed by atoms with Crippen LogP contribution in [0.2, 0.25) is 0 Å². The highest BCUT2D eigenvalue weighted by Gasteiger charge is 2.10. The van der Waals surface area contributed by atoms with Gasteiger partial charge in [-0.15, -0.1) is 0 Å². The maximum atomic E-state index is 13.2. The molecule has 2 rings (SSSR count). The van der Waals surface area contributed by atoms with Gasteiger partial charge < -0.3 is 15.0 Å². The number of benzene rings is 1. The minimum absolute atomic E-state index is 0.327. The number of carboxylic acids is 1. The van der Waals surface area contributed by atoms with E-state index in [1.807, 2.05) is 29.9 Å². The van der Waals surface area contributed by atoms with Crippen LogP contribution in [0.5, 0.6) is 0 Å². The number of aromatic carboxylic acids is 1. The van der Waals surface area contributed by atoms with Crippen molar-refractivity contribution in [3.8, 4) is 0 Å². The molecule has 0 aliphatic carbocycles. The molecule has 0 amide bonds. The zero-order valence-electron chi connectivity index (χ0n) is 9.85. The van der Waals surface area contributed by atoms with Crippen LogP contribution in [0.25, 0.3) is 0 Å². The Balaban J connectivity index is 2.13. The van der Waals surface area contributed by atoms with E-state index in [0.717, 1.165) is 11.8 Å². The molecule has 0 aliphatic rings. The van der Waals surface area contributed by atoms with E-state index in [4.69, 9.17) is 5.11 Å². The highest BCUT2D eigenvalue weighted by atomic mass is 19.1. The zero-order chi connectivity index (χ0) is 13.1. The smallest absolute Gasteiger partial charge is 0.338 e. The Morgan fingerprint density at radius 1 is 1.44 bits per heavy atom. The van der Waals surface area contributed by atoms with E-state index in [0.29, 0.717) is 12.2 Å². The van der Waals surface area contributed by atoms with Gasteiger partial charge in [-0.25, -0.2) is 9.18 Å². The number of halogens is 1. The molecule has 94 valence electrons.